The normalized spacial score (nSPS) is 14.0. The standard InChI is InChI=1S/C36H29ClN2O6/c1-4-41-32-16-23(8-14-30(32)42-19-22-6-9-24(37)10-7-22)33-26-12-11-25(17-31(26)45-35(39)28(33)18-38)43-36(40)34-21(3)27-15-20(2)5-13-29(27)44-34/h5-17,33H,4,19,39H2,1-3H3. The number of furan rings is 1. The number of allylic oxidation sites excluding steroid dienone is 1. The highest BCUT2D eigenvalue weighted by Crippen LogP contribution is 2.45. The Hall–Kier alpha value is -5.39. The van der Waals surface area contributed by atoms with E-state index in [0.717, 1.165) is 22.1 Å². The van der Waals surface area contributed by atoms with E-state index in [1.165, 1.54) is 0 Å². The van der Waals surface area contributed by atoms with Crippen molar-refractivity contribution in [2.45, 2.75) is 33.3 Å². The topological polar surface area (TPSA) is 117 Å². The molecule has 0 saturated carbocycles. The van der Waals surface area contributed by atoms with E-state index in [9.17, 15) is 10.1 Å². The summed E-state index contributed by atoms with van der Waals surface area (Å²) < 4.78 is 29.4. The number of nitriles is 1. The predicted molar refractivity (Wildman–Crippen MR) is 170 cm³/mol. The fourth-order valence-corrected chi connectivity index (χ4v) is 5.48. The summed E-state index contributed by atoms with van der Waals surface area (Å²) in [5.74, 6) is 0.566. The molecule has 0 amide bonds. The van der Waals surface area contributed by atoms with Crippen LogP contribution in [0.5, 0.6) is 23.0 Å². The maximum atomic E-state index is 13.1. The number of aryl methyl sites for hydroxylation is 2. The third kappa shape index (κ3) is 5.91. The first-order chi connectivity index (χ1) is 21.7. The molecule has 45 heavy (non-hydrogen) atoms. The highest BCUT2D eigenvalue weighted by molar-refractivity contribution is 6.30. The fraction of sp³-hybridized carbons (Fsp3) is 0.167. The summed E-state index contributed by atoms with van der Waals surface area (Å²) in [7, 11) is 0. The van der Waals surface area contributed by atoms with Crippen molar-refractivity contribution in [1.82, 2.24) is 0 Å². The molecule has 0 spiro atoms. The van der Waals surface area contributed by atoms with E-state index < -0.39 is 11.9 Å². The van der Waals surface area contributed by atoms with E-state index in [-0.39, 0.29) is 23.0 Å². The Balaban J connectivity index is 1.29. The summed E-state index contributed by atoms with van der Waals surface area (Å²) >= 11 is 6.01. The molecule has 0 bridgehead atoms. The van der Waals surface area contributed by atoms with Crippen molar-refractivity contribution < 1.29 is 28.2 Å². The maximum absolute atomic E-state index is 13.1. The summed E-state index contributed by atoms with van der Waals surface area (Å²) in [5, 5.41) is 11.6. The van der Waals surface area contributed by atoms with Crippen molar-refractivity contribution in [1.29, 1.82) is 5.26 Å². The number of carbonyl (C=O) groups excluding carboxylic acids is 1. The molecule has 1 aliphatic heterocycles. The lowest BCUT2D eigenvalue weighted by Gasteiger charge is -2.27. The average molecular weight is 621 g/mol. The lowest BCUT2D eigenvalue weighted by molar-refractivity contribution is 0.0702. The molecule has 1 unspecified atom stereocenters. The number of fused-ring (bicyclic) bond motifs is 2. The molecule has 2 N–H and O–H groups in total. The van der Waals surface area contributed by atoms with Crippen LogP contribution in [-0.2, 0) is 6.61 Å². The lowest BCUT2D eigenvalue weighted by atomic mass is 9.83. The zero-order valence-corrected chi connectivity index (χ0v) is 25.6. The number of nitrogens with zero attached hydrogens (tertiary/aromatic N) is 1. The van der Waals surface area contributed by atoms with Crippen LogP contribution in [0, 0.1) is 25.2 Å². The van der Waals surface area contributed by atoms with E-state index >= 15 is 0 Å². The Morgan fingerprint density at radius 2 is 1.78 bits per heavy atom. The van der Waals surface area contributed by atoms with Crippen molar-refractivity contribution in [3.05, 3.63) is 129 Å². The molecule has 5 aromatic rings. The third-order valence-electron chi connectivity index (χ3n) is 7.59. The number of hydrogen-bond donors (Lipinski definition) is 1. The molecule has 6 rings (SSSR count). The molecular weight excluding hydrogens is 592 g/mol. The van der Waals surface area contributed by atoms with Gasteiger partial charge in [0, 0.05) is 27.6 Å². The molecule has 226 valence electrons. The Morgan fingerprint density at radius 1 is 0.978 bits per heavy atom. The number of halogens is 1. The number of benzene rings is 4. The van der Waals surface area contributed by atoms with Gasteiger partial charge in [-0.1, -0.05) is 47.5 Å². The SMILES string of the molecule is CCOc1cc(C2C(C#N)=C(N)Oc3cc(OC(=O)c4oc5ccc(C)cc5c4C)ccc32)ccc1OCc1ccc(Cl)cc1. The second-order valence-corrected chi connectivity index (χ2v) is 11.1. The van der Waals surface area contributed by atoms with Crippen molar-refractivity contribution in [2.24, 2.45) is 5.73 Å². The second kappa shape index (κ2) is 12.3. The van der Waals surface area contributed by atoms with Crippen LogP contribution >= 0.6 is 11.6 Å². The van der Waals surface area contributed by atoms with Crippen molar-refractivity contribution in [2.75, 3.05) is 6.61 Å². The van der Waals surface area contributed by atoms with E-state index in [2.05, 4.69) is 6.07 Å². The summed E-state index contributed by atoms with van der Waals surface area (Å²) in [6.45, 7) is 6.41. The zero-order chi connectivity index (χ0) is 31.7. The van der Waals surface area contributed by atoms with Crippen molar-refractivity contribution in [3.63, 3.8) is 0 Å². The van der Waals surface area contributed by atoms with E-state index in [1.54, 1.807) is 18.2 Å². The quantitative estimate of drug-likeness (QED) is 0.136. The van der Waals surface area contributed by atoms with Gasteiger partial charge in [0.1, 0.15) is 35.3 Å². The Bertz CT molecular complexity index is 2010. The number of esters is 1. The van der Waals surface area contributed by atoms with Crippen LogP contribution in [0.15, 0.2) is 94.7 Å². The number of rotatable bonds is 8. The van der Waals surface area contributed by atoms with Gasteiger partial charge in [-0.3, -0.25) is 0 Å². The van der Waals surface area contributed by atoms with Crippen LogP contribution in [-0.4, -0.2) is 12.6 Å². The Kier molecular flexibility index (Phi) is 8.12. The van der Waals surface area contributed by atoms with Gasteiger partial charge in [-0.15, -0.1) is 0 Å². The third-order valence-corrected chi connectivity index (χ3v) is 7.84. The molecule has 1 aliphatic rings. The highest BCUT2D eigenvalue weighted by Gasteiger charge is 2.32. The van der Waals surface area contributed by atoms with E-state index in [1.807, 2.05) is 81.4 Å². The van der Waals surface area contributed by atoms with Crippen LogP contribution in [0.1, 0.15) is 51.2 Å². The molecule has 2 heterocycles. The van der Waals surface area contributed by atoms with Crippen molar-refractivity contribution in [3.8, 4) is 29.1 Å². The van der Waals surface area contributed by atoms with Gasteiger partial charge in [0.2, 0.25) is 11.6 Å². The van der Waals surface area contributed by atoms with Gasteiger partial charge in [0.05, 0.1) is 12.5 Å². The van der Waals surface area contributed by atoms with Crippen LogP contribution in [0.3, 0.4) is 0 Å². The first-order valence-electron chi connectivity index (χ1n) is 14.3. The smallest absolute Gasteiger partial charge is 0.379 e. The minimum atomic E-state index is -0.634. The number of ether oxygens (including phenoxy) is 4. The van der Waals surface area contributed by atoms with Crippen LogP contribution in [0.4, 0.5) is 0 Å². The monoisotopic (exact) mass is 620 g/mol. The largest absolute Gasteiger partial charge is 0.490 e. The number of hydrogen-bond acceptors (Lipinski definition) is 8. The predicted octanol–water partition coefficient (Wildman–Crippen LogP) is 8.12. The van der Waals surface area contributed by atoms with Crippen LogP contribution in [0.25, 0.3) is 11.0 Å². The number of carbonyl (C=O) groups is 1. The molecule has 0 saturated heterocycles. The summed E-state index contributed by atoms with van der Waals surface area (Å²) in [4.78, 5) is 13.1. The summed E-state index contributed by atoms with van der Waals surface area (Å²) in [5.41, 5.74) is 11.2. The van der Waals surface area contributed by atoms with Gasteiger partial charge in [-0.2, -0.15) is 5.26 Å². The summed E-state index contributed by atoms with van der Waals surface area (Å²) in [6.07, 6.45) is 0. The van der Waals surface area contributed by atoms with Crippen molar-refractivity contribution >= 4 is 28.5 Å². The molecule has 1 atom stereocenters. The minimum Gasteiger partial charge on any atom is -0.490 e. The van der Waals surface area contributed by atoms with Gasteiger partial charge in [-0.05, 0) is 74.4 Å². The molecule has 1 aromatic heterocycles. The fourth-order valence-electron chi connectivity index (χ4n) is 5.36. The molecule has 0 aliphatic carbocycles. The molecule has 4 aromatic carbocycles. The van der Waals surface area contributed by atoms with Gasteiger partial charge in [0.15, 0.2) is 11.5 Å². The van der Waals surface area contributed by atoms with Crippen LogP contribution in [0.2, 0.25) is 5.02 Å². The first kappa shape index (κ1) is 29.7. The number of nitrogens with two attached hydrogens (primary N) is 1. The van der Waals surface area contributed by atoms with E-state index in [0.29, 0.717) is 52.2 Å². The van der Waals surface area contributed by atoms with Gasteiger partial charge in [0.25, 0.3) is 0 Å². The molecule has 0 fully saturated rings. The highest BCUT2D eigenvalue weighted by atomic mass is 35.5. The Labute approximate surface area is 265 Å². The van der Waals surface area contributed by atoms with Gasteiger partial charge in [-0.25, -0.2) is 4.79 Å². The van der Waals surface area contributed by atoms with E-state index in [4.69, 9.17) is 40.7 Å². The maximum Gasteiger partial charge on any atom is 0.379 e. The molecule has 8 nitrogen and oxygen atoms in total. The zero-order valence-electron chi connectivity index (χ0n) is 24.8. The Morgan fingerprint density at radius 3 is 2.53 bits per heavy atom. The average Bonchev–Trinajstić information content (AvgIpc) is 3.36. The first-order valence-corrected chi connectivity index (χ1v) is 14.7. The molecular formula is C36H29ClN2O6. The lowest BCUT2D eigenvalue weighted by Crippen LogP contribution is -2.21. The minimum absolute atomic E-state index is 0.0389. The molecule has 9 heteroatoms. The van der Waals surface area contributed by atoms with Gasteiger partial charge >= 0.3 is 5.97 Å². The summed E-state index contributed by atoms with van der Waals surface area (Å²) in [6, 6.07) is 25.8. The van der Waals surface area contributed by atoms with Crippen LogP contribution < -0.4 is 24.7 Å². The second-order valence-electron chi connectivity index (χ2n) is 10.6. The van der Waals surface area contributed by atoms with Gasteiger partial charge < -0.3 is 29.1 Å². The molecule has 0 radical (unpaired) electrons.